The average Bonchev–Trinajstić information content (AvgIpc) is 2.76. The summed E-state index contributed by atoms with van der Waals surface area (Å²) in [5, 5.41) is 2.98. The number of amides is 2. The van der Waals surface area contributed by atoms with Crippen LogP contribution in [0.4, 0.5) is 0 Å². The molecule has 0 saturated heterocycles. The fourth-order valence-electron chi connectivity index (χ4n) is 3.05. The van der Waals surface area contributed by atoms with Crippen molar-refractivity contribution in [2.75, 3.05) is 20.0 Å². The van der Waals surface area contributed by atoms with Gasteiger partial charge < -0.3 is 19.7 Å². The molecule has 2 aromatic rings. The quantitative estimate of drug-likeness (QED) is 0.576. The molecule has 32 heavy (non-hydrogen) atoms. The monoisotopic (exact) mass is 458 g/mol. The molecule has 2 rings (SSSR count). The van der Waals surface area contributed by atoms with E-state index in [4.69, 9.17) is 9.47 Å². The van der Waals surface area contributed by atoms with Crippen LogP contribution in [0.25, 0.3) is 0 Å². The first-order chi connectivity index (χ1) is 15.1. The van der Waals surface area contributed by atoms with Gasteiger partial charge in [-0.25, -0.2) is 0 Å². The van der Waals surface area contributed by atoms with Gasteiger partial charge in [-0.05, 0) is 63.1 Å². The smallest absolute Gasteiger partial charge is 0.242 e. The van der Waals surface area contributed by atoms with Crippen LogP contribution in [0.3, 0.4) is 0 Å². The average molecular weight is 459 g/mol. The van der Waals surface area contributed by atoms with Gasteiger partial charge in [0, 0.05) is 17.8 Å². The van der Waals surface area contributed by atoms with Crippen molar-refractivity contribution in [2.45, 2.75) is 51.6 Å². The SMILES string of the molecule is COc1ccc(CSCC(=O)N(Cc2ccc(OC)cc2)[C@@H](C)C(=O)NC(C)(C)C)cc1. The van der Waals surface area contributed by atoms with Gasteiger partial charge in [0.1, 0.15) is 17.5 Å². The number of carbonyl (C=O) groups is 2. The van der Waals surface area contributed by atoms with Crippen LogP contribution in [-0.2, 0) is 21.9 Å². The van der Waals surface area contributed by atoms with E-state index in [0.717, 1.165) is 22.6 Å². The molecule has 0 aliphatic heterocycles. The van der Waals surface area contributed by atoms with Crippen molar-refractivity contribution in [3.8, 4) is 11.5 Å². The predicted molar refractivity (Wildman–Crippen MR) is 130 cm³/mol. The lowest BCUT2D eigenvalue weighted by Crippen LogP contribution is -2.52. The second kappa shape index (κ2) is 11.8. The van der Waals surface area contributed by atoms with E-state index < -0.39 is 6.04 Å². The van der Waals surface area contributed by atoms with E-state index in [-0.39, 0.29) is 23.1 Å². The standard InChI is InChI=1S/C25H34N2O4S/c1-18(24(29)26-25(2,3)4)27(15-19-7-11-21(30-5)12-8-19)23(28)17-32-16-20-9-13-22(31-6)14-10-20/h7-14,18H,15-17H2,1-6H3,(H,26,29)/t18-/m0/s1. The van der Waals surface area contributed by atoms with Gasteiger partial charge in [0.05, 0.1) is 20.0 Å². The second-order valence-electron chi connectivity index (χ2n) is 8.63. The zero-order valence-corrected chi connectivity index (χ0v) is 20.6. The molecule has 0 saturated carbocycles. The zero-order valence-electron chi connectivity index (χ0n) is 19.8. The van der Waals surface area contributed by atoms with E-state index in [9.17, 15) is 9.59 Å². The molecule has 0 fully saturated rings. The van der Waals surface area contributed by atoms with E-state index in [1.807, 2.05) is 69.3 Å². The fourth-order valence-corrected chi connectivity index (χ4v) is 3.92. The molecule has 0 bridgehead atoms. The molecule has 0 radical (unpaired) electrons. The normalized spacial score (nSPS) is 12.1. The van der Waals surface area contributed by atoms with Crippen molar-refractivity contribution in [1.82, 2.24) is 10.2 Å². The van der Waals surface area contributed by atoms with Crippen LogP contribution in [0.2, 0.25) is 0 Å². The van der Waals surface area contributed by atoms with Crippen molar-refractivity contribution in [1.29, 1.82) is 0 Å². The van der Waals surface area contributed by atoms with Crippen LogP contribution >= 0.6 is 11.8 Å². The lowest BCUT2D eigenvalue weighted by atomic mass is 10.1. The number of hydrogen-bond donors (Lipinski definition) is 1. The first-order valence-electron chi connectivity index (χ1n) is 10.6. The maximum absolute atomic E-state index is 13.2. The van der Waals surface area contributed by atoms with Gasteiger partial charge in [-0.1, -0.05) is 24.3 Å². The Hall–Kier alpha value is -2.67. The number of ether oxygens (including phenoxy) is 2. The minimum absolute atomic E-state index is 0.0733. The Bertz CT molecular complexity index is 876. The Kier molecular flexibility index (Phi) is 9.44. The largest absolute Gasteiger partial charge is 0.497 e. The summed E-state index contributed by atoms with van der Waals surface area (Å²) in [6.45, 7) is 7.91. The molecule has 0 unspecified atom stereocenters. The first kappa shape index (κ1) is 25.6. The highest BCUT2D eigenvalue weighted by Crippen LogP contribution is 2.19. The third kappa shape index (κ3) is 8.11. The van der Waals surface area contributed by atoms with E-state index in [1.165, 1.54) is 11.8 Å². The van der Waals surface area contributed by atoms with E-state index in [2.05, 4.69) is 5.32 Å². The van der Waals surface area contributed by atoms with E-state index >= 15 is 0 Å². The number of hydrogen-bond acceptors (Lipinski definition) is 5. The summed E-state index contributed by atoms with van der Waals surface area (Å²) in [6.07, 6.45) is 0. The molecule has 0 spiro atoms. The van der Waals surface area contributed by atoms with Crippen molar-refractivity contribution < 1.29 is 19.1 Å². The molecule has 0 aromatic heterocycles. The second-order valence-corrected chi connectivity index (χ2v) is 9.61. The van der Waals surface area contributed by atoms with Crippen molar-refractivity contribution >= 4 is 23.6 Å². The van der Waals surface area contributed by atoms with Gasteiger partial charge in [0.2, 0.25) is 11.8 Å². The van der Waals surface area contributed by atoms with Crippen molar-refractivity contribution in [2.24, 2.45) is 0 Å². The topological polar surface area (TPSA) is 67.9 Å². The molecule has 0 aliphatic carbocycles. The Morgan fingerprint density at radius 3 is 1.91 bits per heavy atom. The number of methoxy groups -OCH3 is 2. The van der Waals surface area contributed by atoms with Gasteiger partial charge >= 0.3 is 0 Å². The molecular weight excluding hydrogens is 424 g/mol. The van der Waals surface area contributed by atoms with Crippen LogP contribution in [0.5, 0.6) is 11.5 Å². The lowest BCUT2D eigenvalue weighted by Gasteiger charge is -2.31. The minimum Gasteiger partial charge on any atom is -0.497 e. The summed E-state index contributed by atoms with van der Waals surface area (Å²) in [5.74, 6) is 2.30. The molecule has 6 nitrogen and oxygen atoms in total. The summed E-state index contributed by atoms with van der Waals surface area (Å²) in [7, 11) is 3.25. The maximum atomic E-state index is 13.2. The Balaban J connectivity index is 2.08. The number of nitrogens with zero attached hydrogens (tertiary/aromatic N) is 1. The van der Waals surface area contributed by atoms with Gasteiger partial charge in [0.15, 0.2) is 0 Å². The Morgan fingerprint density at radius 1 is 0.938 bits per heavy atom. The highest BCUT2D eigenvalue weighted by Gasteiger charge is 2.28. The molecule has 0 heterocycles. The van der Waals surface area contributed by atoms with Crippen LogP contribution < -0.4 is 14.8 Å². The lowest BCUT2D eigenvalue weighted by molar-refractivity contribution is -0.139. The summed E-state index contributed by atoms with van der Waals surface area (Å²) in [4.78, 5) is 27.6. The minimum atomic E-state index is -0.592. The van der Waals surface area contributed by atoms with Gasteiger partial charge in [0.25, 0.3) is 0 Å². The van der Waals surface area contributed by atoms with Crippen LogP contribution in [0, 0.1) is 0 Å². The fraction of sp³-hybridized carbons (Fsp3) is 0.440. The molecule has 1 atom stereocenters. The molecule has 2 amide bonds. The number of nitrogens with one attached hydrogen (secondary N) is 1. The number of benzene rings is 2. The maximum Gasteiger partial charge on any atom is 0.242 e. The van der Waals surface area contributed by atoms with Gasteiger partial charge in [-0.15, -0.1) is 11.8 Å². The number of carbonyl (C=O) groups excluding carboxylic acids is 2. The van der Waals surface area contributed by atoms with Crippen molar-refractivity contribution in [3.05, 3.63) is 59.7 Å². The third-order valence-electron chi connectivity index (χ3n) is 4.83. The van der Waals surface area contributed by atoms with Crippen LogP contribution in [-0.4, -0.2) is 48.3 Å². The number of thioether (sulfide) groups is 1. The van der Waals surface area contributed by atoms with E-state index in [0.29, 0.717) is 12.3 Å². The predicted octanol–water partition coefficient (Wildman–Crippen LogP) is 4.27. The van der Waals surface area contributed by atoms with Gasteiger partial charge in [-0.2, -0.15) is 0 Å². The molecule has 0 aliphatic rings. The summed E-state index contributed by atoms with van der Waals surface area (Å²) in [5.41, 5.74) is 1.68. The summed E-state index contributed by atoms with van der Waals surface area (Å²) >= 11 is 1.53. The van der Waals surface area contributed by atoms with E-state index in [1.54, 1.807) is 26.0 Å². The third-order valence-corrected chi connectivity index (χ3v) is 5.82. The van der Waals surface area contributed by atoms with Crippen LogP contribution in [0.1, 0.15) is 38.8 Å². The zero-order chi connectivity index (χ0) is 23.7. The molecule has 2 aromatic carbocycles. The molecule has 7 heteroatoms. The molecular formula is C25H34N2O4S. The summed E-state index contributed by atoms with van der Waals surface area (Å²) < 4.78 is 10.4. The Morgan fingerprint density at radius 2 is 1.44 bits per heavy atom. The summed E-state index contributed by atoms with van der Waals surface area (Å²) in [6, 6.07) is 14.8. The Labute approximate surface area is 195 Å². The highest BCUT2D eigenvalue weighted by molar-refractivity contribution is 7.99. The molecule has 174 valence electrons. The molecule has 1 N–H and O–H groups in total. The van der Waals surface area contributed by atoms with Gasteiger partial charge in [-0.3, -0.25) is 9.59 Å². The van der Waals surface area contributed by atoms with Crippen molar-refractivity contribution in [3.63, 3.8) is 0 Å². The first-order valence-corrected chi connectivity index (χ1v) is 11.7. The highest BCUT2D eigenvalue weighted by atomic mass is 32.2. The number of rotatable bonds is 10. The van der Waals surface area contributed by atoms with Crippen LogP contribution in [0.15, 0.2) is 48.5 Å².